The molecule has 4 N–H and O–H groups in total. The molecule has 0 saturated carbocycles. The van der Waals surface area contributed by atoms with E-state index in [0.717, 1.165) is 27.6 Å². The number of fused-ring (bicyclic) bond motifs is 1. The summed E-state index contributed by atoms with van der Waals surface area (Å²) < 4.78 is 36.0. The van der Waals surface area contributed by atoms with Crippen LogP contribution in [0, 0.1) is 0 Å². The van der Waals surface area contributed by atoms with Crippen LogP contribution < -0.4 is 20.7 Å². The predicted molar refractivity (Wildman–Crippen MR) is 157 cm³/mol. The first-order valence-corrected chi connectivity index (χ1v) is 14.0. The molecular formula is C31H30ClF2N5O2. The highest BCUT2D eigenvalue weighted by Gasteiger charge is 2.38. The third-order valence-electron chi connectivity index (χ3n) is 7.89. The molecule has 2 heterocycles. The second-order valence-corrected chi connectivity index (χ2v) is 11.0. The zero-order chi connectivity index (χ0) is 28.6. The van der Waals surface area contributed by atoms with Gasteiger partial charge in [0, 0.05) is 43.5 Å². The number of benzene rings is 3. The second-order valence-electron chi connectivity index (χ2n) is 10.6. The van der Waals surface area contributed by atoms with Gasteiger partial charge in [0.25, 0.3) is 11.8 Å². The van der Waals surface area contributed by atoms with Gasteiger partial charge in [0.05, 0.1) is 28.4 Å². The van der Waals surface area contributed by atoms with Crippen LogP contribution in [-0.2, 0) is 0 Å². The van der Waals surface area contributed by atoms with E-state index in [1.54, 1.807) is 30.5 Å². The SMILES string of the molecule is NC(=O)c1cccc(N2CCNCC2CC2=C(c3ccc(Cl)cc3)CCC(F)(F)C2)c1Oc1cccc2[nH]ncc12. The Labute approximate surface area is 241 Å². The molecule has 212 valence electrons. The van der Waals surface area contributed by atoms with E-state index in [9.17, 15) is 13.6 Å². The monoisotopic (exact) mass is 577 g/mol. The van der Waals surface area contributed by atoms with Crippen molar-refractivity contribution >= 4 is 39.7 Å². The number of alkyl halides is 2. The van der Waals surface area contributed by atoms with Crippen LogP contribution in [0.2, 0.25) is 5.02 Å². The molecule has 1 unspecified atom stereocenters. The average Bonchev–Trinajstić information content (AvgIpc) is 3.44. The molecular weight excluding hydrogens is 548 g/mol. The van der Waals surface area contributed by atoms with Crippen LogP contribution in [-0.4, -0.2) is 47.7 Å². The van der Waals surface area contributed by atoms with Gasteiger partial charge in [0.2, 0.25) is 0 Å². The first-order valence-electron chi connectivity index (χ1n) is 13.6. The lowest BCUT2D eigenvalue weighted by molar-refractivity contribution is -0.0102. The molecule has 3 aromatic carbocycles. The molecule has 0 spiro atoms. The average molecular weight is 578 g/mol. The number of anilines is 1. The molecule has 1 atom stereocenters. The van der Waals surface area contributed by atoms with E-state index >= 15 is 0 Å². The second kappa shape index (κ2) is 11.1. The molecule has 4 aromatic rings. The van der Waals surface area contributed by atoms with Crippen LogP contribution in [0.1, 0.15) is 41.6 Å². The Kier molecular flexibility index (Phi) is 7.40. The number of hydrogen-bond donors (Lipinski definition) is 3. The maximum absolute atomic E-state index is 14.8. The molecule has 6 rings (SSSR count). The largest absolute Gasteiger partial charge is 0.454 e. The number of nitrogens with zero attached hydrogens (tertiary/aromatic N) is 2. The third-order valence-corrected chi connectivity index (χ3v) is 8.14. The predicted octanol–water partition coefficient (Wildman–Crippen LogP) is 6.55. The number of primary amides is 1. The van der Waals surface area contributed by atoms with Gasteiger partial charge in [-0.1, -0.05) is 41.4 Å². The zero-order valence-corrected chi connectivity index (χ0v) is 23.1. The number of piperazine rings is 1. The van der Waals surface area contributed by atoms with Crippen molar-refractivity contribution in [2.75, 3.05) is 24.5 Å². The Morgan fingerprint density at radius 1 is 1.15 bits per heavy atom. The Morgan fingerprint density at radius 2 is 1.95 bits per heavy atom. The maximum atomic E-state index is 14.8. The summed E-state index contributed by atoms with van der Waals surface area (Å²) in [4.78, 5) is 14.7. The van der Waals surface area contributed by atoms with Crippen LogP contribution in [0.15, 0.2) is 72.4 Å². The zero-order valence-electron chi connectivity index (χ0n) is 22.3. The molecule has 1 aliphatic carbocycles. The molecule has 0 bridgehead atoms. The van der Waals surface area contributed by atoms with Crippen molar-refractivity contribution in [1.29, 1.82) is 0 Å². The molecule has 0 radical (unpaired) electrons. The Balaban J connectivity index is 1.40. The van der Waals surface area contributed by atoms with E-state index in [1.165, 1.54) is 0 Å². The smallest absolute Gasteiger partial charge is 0.252 e. The molecule has 1 fully saturated rings. The van der Waals surface area contributed by atoms with Crippen molar-refractivity contribution in [1.82, 2.24) is 15.5 Å². The van der Waals surface area contributed by atoms with E-state index < -0.39 is 11.8 Å². The summed E-state index contributed by atoms with van der Waals surface area (Å²) in [5, 5.41) is 11.8. The van der Waals surface area contributed by atoms with Crippen LogP contribution in [0.25, 0.3) is 16.5 Å². The van der Waals surface area contributed by atoms with Gasteiger partial charge >= 0.3 is 0 Å². The molecule has 1 saturated heterocycles. The van der Waals surface area contributed by atoms with Gasteiger partial charge in [-0.25, -0.2) is 8.78 Å². The van der Waals surface area contributed by atoms with E-state index in [1.807, 2.05) is 36.4 Å². The number of amides is 1. The normalized spacial score (nSPS) is 19.0. The lowest BCUT2D eigenvalue weighted by Crippen LogP contribution is -2.52. The van der Waals surface area contributed by atoms with Crippen molar-refractivity contribution < 1.29 is 18.3 Å². The molecule has 2 aliphatic rings. The summed E-state index contributed by atoms with van der Waals surface area (Å²) in [6.07, 6.45) is 1.92. The Bertz CT molecular complexity index is 1620. The van der Waals surface area contributed by atoms with E-state index in [4.69, 9.17) is 22.1 Å². The Morgan fingerprint density at radius 3 is 2.76 bits per heavy atom. The number of carbonyl (C=O) groups is 1. The number of H-pyrrole nitrogens is 1. The summed E-state index contributed by atoms with van der Waals surface area (Å²) in [7, 11) is 0. The summed E-state index contributed by atoms with van der Waals surface area (Å²) in [5.74, 6) is -2.52. The number of para-hydroxylation sites is 1. The molecule has 1 amide bonds. The minimum Gasteiger partial charge on any atom is -0.454 e. The lowest BCUT2D eigenvalue weighted by atomic mass is 9.82. The highest BCUT2D eigenvalue weighted by Crippen LogP contribution is 2.44. The number of carbonyl (C=O) groups excluding carboxylic acids is 1. The minimum absolute atomic E-state index is 0.162. The van der Waals surface area contributed by atoms with Gasteiger partial charge < -0.3 is 20.7 Å². The first-order chi connectivity index (χ1) is 19.8. The molecule has 1 aliphatic heterocycles. The van der Waals surface area contributed by atoms with E-state index in [0.29, 0.717) is 54.7 Å². The molecule has 41 heavy (non-hydrogen) atoms. The quantitative estimate of drug-likeness (QED) is 0.231. The van der Waals surface area contributed by atoms with Gasteiger partial charge in [0.15, 0.2) is 5.75 Å². The van der Waals surface area contributed by atoms with Crippen LogP contribution in [0.4, 0.5) is 14.5 Å². The number of aromatic nitrogens is 2. The molecule has 10 heteroatoms. The fraction of sp³-hybridized carbons (Fsp3) is 0.290. The van der Waals surface area contributed by atoms with Gasteiger partial charge in [-0.15, -0.1) is 0 Å². The topological polar surface area (TPSA) is 96.3 Å². The van der Waals surface area contributed by atoms with Crippen molar-refractivity contribution in [3.8, 4) is 11.5 Å². The summed E-state index contributed by atoms with van der Waals surface area (Å²) in [5.41, 5.74) is 10.1. The van der Waals surface area contributed by atoms with Crippen molar-refractivity contribution in [2.24, 2.45) is 5.73 Å². The van der Waals surface area contributed by atoms with Crippen LogP contribution in [0.3, 0.4) is 0 Å². The number of aromatic amines is 1. The number of rotatable bonds is 7. The summed E-state index contributed by atoms with van der Waals surface area (Å²) in [6.45, 7) is 1.87. The highest BCUT2D eigenvalue weighted by atomic mass is 35.5. The number of ether oxygens (including phenoxy) is 1. The van der Waals surface area contributed by atoms with E-state index in [-0.39, 0.29) is 24.4 Å². The van der Waals surface area contributed by atoms with Crippen molar-refractivity contribution in [2.45, 2.75) is 37.6 Å². The lowest BCUT2D eigenvalue weighted by Gasteiger charge is -2.40. The summed E-state index contributed by atoms with van der Waals surface area (Å²) in [6, 6.07) is 18.0. The molecule has 1 aromatic heterocycles. The van der Waals surface area contributed by atoms with Crippen molar-refractivity contribution in [3.63, 3.8) is 0 Å². The fourth-order valence-corrected chi connectivity index (χ4v) is 6.05. The number of halogens is 3. The van der Waals surface area contributed by atoms with E-state index in [2.05, 4.69) is 20.4 Å². The highest BCUT2D eigenvalue weighted by molar-refractivity contribution is 6.30. The van der Waals surface area contributed by atoms with Crippen LogP contribution in [0.5, 0.6) is 11.5 Å². The maximum Gasteiger partial charge on any atom is 0.252 e. The molecule has 7 nitrogen and oxygen atoms in total. The first kappa shape index (κ1) is 27.2. The summed E-state index contributed by atoms with van der Waals surface area (Å²) >= 11 is 6.11. The number of nitrogens with two attached hydrogens (primary N) is 1. The van der Waals surface area contributed by atoms with Crippen LogP contribution >= 0.6 is 11.6 Å². The standard InChI is InChI=1S/C31H30ClF2N5O2/c32-21-9-7-19(8-10-21)23-11-12-31(33,34)16-20(23)15-22-17-36-13-14-39(22)27-5-1-3-24(30(35)40)29(27)41-28-6-2-4-26-25(28)18-37-38-26/h1-10,18,22,36H,11-17H2,(H2,35,40)(H,37,38). The number of hydrogen-bond acceptors (Lipinski definition) is 5. The van der Waals surface area contributed by atoms with Gasteiger partial charge in [-0.05, 0) is 60.4 Å². The van der Waals surface area contributed by atoms with Gasteiger partial charge in [-0.2, -0.15) is 5.10 Å². The Hall–Kier alpha value is -3.95. The minimum atomic E-state index is -2.76. The van der Waals surface area contributed by atoms with Gasteiger partial charge in [-0.3, -0.25) is 9.89 Å². The number of allylic oxidation sites excluding steroid dienone is 1. The third kappa shape index (κ3) is 5.64. The van der Waals surface area contributed by atoms with Crippen molar-refractivity contribution in [3.05, 3.63) is 88.6 Å². The fourth-order valence-electron chi connectivity index (χ4n) is 5.92. The number of nitrogens with one attached hydrogen (secondary N) is 2. The van der Waals surface area contributed by atoms with Gasteiger partial charge in [0.1, 0.15) is 5.75 Å².